The molecule has 0 radical (unpaired) electrons. The Hall–Kier alpha value is -2.34. The van der Waals surface area contributed by atoms with Crippen LogP contribution in [-0.2, 0) is 0 Å². The molecule has 0 saturated carbocycles. The molecule has 0 amide bonds. The van der Waals surface area contributed by atoms with E-state index >= 15 is 0 Å². The lowest BCUT2D eigenvalue weighted by Crippen LogP contribution is -1.99. The summed E-state index contributed by atoms with van der Waals surface area (Å²) in [5.74, 6) is 1.59. The van der Waals surface area contributed by atoms with Crippen molar-refractivity contribution in [3.05, 3.63) is 48.8 Å². The number of hydrogen-bond donors (Lipinski definition) is 0. The van der Waals surface area contributed by atoms with Gasteiger partial charge in [0.05, 0.1) is 12.8 Å². The van der Waals surface area contributed by atoms with E-state index in [0.29, 0.717) is 0 Å². The molecule has 21 heavy (non-hydrogen) atoms. The summed E-state index contributed by atoms with van der Waals surface area (Å²) >= 11 is 1.55. The maximum Gasteiger partial charge on any atom is 0.195 e. The van der Waals surface area contributed by atoms with Crippen LogP contribution in [0.4, 0.5) is 0 Å². The van der Waals surface area contributed by atoms with E-state index in [1.807, 2.05) is 47.2 Å². The minimum atomic E-state index is 0.787. The maximum absolute atomic E-state index is 5.30. The van der Waals surface area contributed by atoms with Gasteiger partial charge in [-0.3, -0.25) is 9.55 Å². The molecule has 0 bridgehead atoms. The van der Waals surface area contributed by atoms with E-state index in [1.54, 1.807) is 31.3 Å². The molecule has 0 aliphatic heterocycles. The molecule has 2 heterocycles. The van der Waals surface area contributed by atoms with Crippen LogP contribution in [0.2, 0.25) is 0 Å². The lowest BCUT2D eigenvalue weighted by atomic mass is 10.2. The molecule has 1 aromatic carbocycles. The lowest BCUT2D eigenvalue weighted by Gasteiger charge is -2.10. The van der Waals surface area contributed by atoms with Crippen LogP contribution in [0.5, 0.6) is 5.75 Å². The molecule has 0 aliphatic rings. The maximum atomic E-state index is 5.30. The predicted octanol–water partition coefficient (Wildman–Crippen LogP) is 3.06. The quantitative estimate of drug-likeness (QED) is 0.693. The Labute approximate surface area is 127 Å². The van der Waals surface area contributed by atoms with Crippen molar-refractivity contribution >= 4 is 11.8 Å². The Balaban J connectivity index is 2.18. The van der Waals surface area contributed by atoms with Crippen molar-refractivity contribution in [2.75, 3.05) is 13.4 Å². The molecule has 0 aliphatic carbocycles. The topological polar surface area (TPSA) is 52.8 Å². The monoisotopic (exact) mass is 298 g/mol. The summed E-state index contributed by atoms with van der Waals surface area (Å²) in [5, 5.41) is 9.40. The molecule has 6 heteroatoms. The molecule has 0 atom stereocenters. The van der Waals surface area contributed by atoms with Gasteiger partial charge in [0.1, 0.15) is 5.75 Å². The van der Waals surface area contributed by atoms with E-state index in [-0.39, 0.29) is 0 Å². The Morgan fingerprint density at radius 1 is 1.10 bits per heavy atom. The second-order valence-corrected chi connectivity index (χ2v) is 5.06. The van der Waals surface area contributed by atoms with Crippen LogP contribution in [0.15, 0.2) is 53.9 Å². The van der Waals surface area contributed by atoms with Crippen molar-refractivity contribution in [1.29, 1.82) is 0 Å². The van der Waals surface area contributed by atoms with Crippen LogP contribution in [0.3, 0.4) is 0 Å². The fourth-order valence-electron chi connectivity index (χ4n) is 2.07. The van der Waals surface area contributed by atoms with Gasteiger partial charge in [0.2, 0.25) is 0 Å². The molecule has 0 unspecified atom stereocenters. The van der Waals surface area contributed by atoms with Crippen molar-refractivity contribution in [2.24, 2.45) is 0 Å². The SMILES string of the molecule is COc1cccc(-n2c(SC)nnc2-c2ccncc2)c1. The summed E-state index contributed by atoms with van der Waals surface area (Å²) in [6.45, 7) is 0. The molecule has 0 N–H and O–H groups in total. The molecular formula is C15H14N4OS. The number of aromatic nitrogens is 4. The standard InChI is InChI=1S/C15H14N4OS/c1-20-13-5-3-4-12(10-13)19-14(17-18-15(19)21-2)11-6-8-16-9-7-11/h3-10H,1-2H3. The first-order valence-corrected chi connectivity index (χ1v) is 7.60. The van der Waals surface area contributed by atoms with Gasteiger partial charge < -0.3 is 4.74 Å². The first-order valence-electron chi connectivity index (χ1n) is 6.37. The molecule has 0 fully saturated rings. The molecule has 106 valence electrons. The first kappa shape index (κ1) is 13.6. The number of hydrogen-bond acceptors (Lipinski definition) is 5. The van der Waals surface area contributed by atoms with E-state index in [0.717, 1.165) is 28.0 Å². The number of thioether (sulfide) groups is 1. The largest absolute Gasteiger partial charge is 0.497 e. The van der Waals surface area contributed by atoms with Gasteiger partial charge in [0.15, 0.2) is 11.0 Å². The van der Waals surface area contributed by atoms with Crippen molar-refractivity contribution in [1.82, 2.24) is 19.7 Å². The van der Waals surface area contributed by atoms with E-state index < -0.39 is 0 Å². The van der Waals surface area contributed by atoms with Gasteiger partial charge in [-0.2, -0.15) is 0 Å². The molecule has 0 spiro atoms. The van der Waals surface area contributed by atoms with Gasteiger partial charge in [0, 0.05) is 24.0 Å². The van der Waals surface area contributed by atoms with Gasteiger partial charge >= 0.3 is 0 Å². The molecule has 3 rings (SSSR count). The second kappa shape index (κ2) is 5.97. The Morgan fingerprint density at radius 3 is 2.62 bits per heavy atom. The molecule has 3 aromatic rings. The summed E-state index contributed by atoms with van der Waals surface area (Å²) in [5.41, 5.74) is 1.94. The summed E-state index contributed by atoms with van der Waals surface area (Å²) in [6.07, 6.45) is 5.48. The molecular weight excluding hydrogens is 284 g/mol. The zero-order chi connectivity index (χ0) is 14.7. The predicted molar refractivity (Wildman–Crippen MR) is 82.9 cm³/mol. The molecule has 5 nitrogen and oxygen atoms in total. The van der Waals surface area contributed by atoms with Crippen molar-refractivity contribution in [2.45, 2.75) is 5.16 Å². The number of methoxy groups -OCH3 is 1. The highest BCUT2D eigenvalue weighted by molar-refractivity contribution is 7.98. The van der Waals surface area contributed by atoms with E-state index in [1.165, 1.54) is 0 Å². The van der Waals surface area contributed by atoms with Crippen molar-refractivity contribution in [3.8, 4) is 22.8 Å². The van der Waals surface area contributed by atoms with Gasteiger partial charge in [-0.25, -0.2) is 0 Å². The fraction of sp³-hybridized carbons (Fsp3) is 0.133. The number of pyridine rings is 1. The summed E-state index contributed by atoms with van der Waals surface area (Å²) < 4.78 is 7.32. The third-order valence-electron chi connectivity index (χ3n) is 3.07. The fourth-order valence-corrected chi connectivity index (χ4v) is 2.57. The van der Waals surface area contributed by atoms with Crippen LogP contribution in [-0.4, -0.2) is 33.1 Å². The number of ether oxygens (including phenoxy) is 1. The zero-order valence-electron chi connectivity index (χ0n) is 11.7. The summed E-state index contributed by atoms with van der Waals surface area (Å²) in [7, 11) is 1.66. The Morgan fingerprint density at radius 2 is 1.90 bits per heavy atom. The molecule has 0 saturated heterocycles. The number of benzene rings is 1. The Kier molecular flexibility index (Phi) is 3.87. The highest BCUT2D eigenvalue weighted by atomic mass is 32.2. The van der Waals surface area contributed by atoms with E-state index in [9.17, 15) is 0 Å². The summed E-state index contributed by atoms with van der Waals surface area (Å²) in [6, 6.07) is 11.7. The minimum Gasteiger partial charge on any atom is -0.497 e. The lowest BCUT2D eigenvalue weighted by molar-refractivity contribution is 0.414. The average molecular weight is 298 g/mol. The highest BCUT2D eigenvalue weighted by Gasteiger charge is 2.15. The number of nitrogens with zero attached hydrogens (tertiary/aromatic N) is 4. The van der Waals surface area contributed by atoms with Crippen LogP contribution in [0, 0.1) is 0 Å². The van der Waals surface area contributed by atoms with Crippen LogP contribution in [0.25, 0.3) is 17.1 Å². The van der Waals surface area contributed by atoms with Crippen LogP contribution < -0.4 is 4.74 Å². The highest BCUT2D eigenvalue weighted by Crippen LogP contribution is 2.28. The molecule has 2 aromatic heterocycles. The first-order chi connectivity index (χ1) is 10.3. The van der Waals surface area contributed by atoms with Gasteiger partial charge in [0.25, 0.3) is 0 Å². The third kappa shape index (κ3) is 2.62. The third-order valence-corrected chi connectivity index (χ3v) is 3.70. The summed E-state index contributed by atoms with van der Waals surface area (Å²) in [4.78, 5) is 4.04. The van der Waals surface area contributed by atoms with Gasteiger partial charge in [-0.05, 0) is 30.5 Å². The average Bonchev–Trinajstić information content (AvgIpc) is 2.99. The second-order valence-electron chi connectivity index (χ2n) is 4.28. The van der Waals surface area contributed by atoms with Crippen LogP contribution >= 0.6 is 11.8 Å². The smallest absolute Gasteiger partial charge is 0.195 e. The van der Waals surface area contributed by atoms with Crippen molar-refractivity contribution < 1.29 is 4.74 Å². The van der Waals surface area contributed by atoms with Crippen LogP contribution in [0.1, 0.15) is 0 Å². The van der Waals surface area contributed by atoms with E-state index in [2.05, 4.69) is 15.2 Å². The Bertz CT molecular complexity index is 742. The minimum absolute atomic E-state index is 0.787. The zero-order valence-corrected chi connectivity index (χ0v) is 12.5. The number of rotatable bonds is 4. The van der Waals surface area contributed by atoms with Crippen molar-refractivity contribution in [3.63, 3.8) is 0 Å². The normalized spacial score (nSPS) is 10.6. The van der Waals surface area contributed by atoms with E-state index in [4.69, 9.17) is 4.74 Å². The van der Waals surface area contributed by atoms with Gasteiger partial charge in [-0.1, -0.05) is 17.8 Å². The van der Waals surface area contributed by atoms with Gasteiger partial charge in [-0.15, -0.1) is 10.2 Å².